The molecule has 7 heteroatoms. The highest BCUT2D eigenvalue weighted by molar-refractivity contribution is 14.0. The van der Waals surface area contributed by atoms with Gasteiger partial charge in [0.2, 0.25) is 0 Å². The second-order valence-electron chi connectivity index (χ2n) is 4.74. The zero-order valence-electron chi connectivity index (χ0n) is 13.0. The van der Waals surface area contributed by atoms with E-state index in [4.69, 9.17) is 10.5 Å². The number of phenolic OH excluding ortho intramolecular Hbond substituents is 1. The van der Waals surface area contributed by atoms with Crippen LogP contribution in [0, 0.1) is 0 Å². The van der Waals surface area contributed by atoms with Gasteiger partial charge >= 0.3 is 0 Å². The van der Waals surface area contributed by atoms with Gasteiger partial charge in [-0.3, -0.25) is 4.99 Å². The van der Waals surface area contributed by atoms with E-state index in [1.54, 1.807) is 17.4 Å². The Balaban J connectivity index is 0.00000264. The number of thiophene rings is 1. The maximum atomic E-state index is 9.99. The highest BCUT2D eigenvalue weighted by atomic mass is 127. The highest BCUT2D eigenvalue weighted by Gasteiger charge is 2.06. The fourth-order valence-corrected chi connectivity index (χ4v) is 2.75. The third-order valence-corrected chi connectivity index (χ3v) is 4.16. The Morgan fingerprint density at radius 3 is 2.83 bits per heavy atom. The summed E-state index contributed by atoms with van der Waals surface area (Å²) >= 11 is 1.72. The number of nitrogens with one attached hydrogen (secondary N) is 1. The maximum absolute atomic E-state index is 9.99. The summed E-state index contributed by atoms with van der Waals surface area (Å²) in [6, 6.07) is 9.57. The fourth-order valence-electron chi connectivity index (χ4n) is 2.06. The number of rotatable bonds is 7. The van der Waals surface area contributed by atoms with Gasteiger partial charge in [-0.1, -0.05) is 18.2 Å². The Morgan fingerprint density at radius 1 is 1.30 bits per heavy atom. The standard InChI is InChI=1S/C16H21N3O2S.HI/c1-21-14-6-2-4-12(15(14)20)7-9-18-16(17)19-10-8-13-5-3-11-22-13;/h2-6,11,20H,7-10H2,1H3,(H3,17,18,19);1H. The molecule has 2 rings (SSSR count). The van der Waals surface area contributed by atoms with Gasteiger partial charge in [-0.2, -0.15) is 0 Å². The van der Waals surface area contributed by atoms with Gasteiger partial charge in [0.15, 0.2) is 17.5 Å². The minimum atomic E-state index is 0. The van der Waals surface area contributed by atoms with Gasteiger partial charge in [-0.25, -0.2) is 0 Å². The number of hydrogen-bond acceptors (Lipinski definition) is 4. The van der Waals surface area contributed by atoms with Crippen LogP contribution in [0.5, 0.6) is 11.5 Å². The Hall–Kier alpha value is -1.48. The summed E-state index contributed by atoms with van der Waals surface area (Å²) in [6.07, 6.45) is 1.54. The van der Waals surface area contributed by atoms with E-state index in [1.165, 1.54) is 12.0 Å². The molecular weight excluding hydrogens is 425 g/mol. The van der Waals surface area contributed by atoms with Crippen LogP contribution in [-0.4, -0.2) is 31.3 Å². The van der Waals surface area contributed by atoms with Crippen molar-refractivity contribution in [2.75, 3.05) is 20.2 Å². The molecule has 0 spiro atoms. The molecule has 1 aromatic carbocycles. The first-order chi connectivity index (χ1) is 10.7. The molecule has 1 aromatic heterocycles. The largest absolute Gasteiger partial charge is 0.504 e. The molecule has 0 atom stereocenters. The van der Waals surface area contributed by atoms with Gasteiger partial charge in [0.25, 0.3) is 0 Å². The first-order valence-electron chi connectivity index (χ1n) is 7.11. The molecule has 0 aliphatic heterocycles. The number of nitrogens with zero attached hydrogens (tertiary/aromatic N) is 1. The summed E-state index contributed by atoms with van der Waals surface area (Å²) in [5.41, 5.74) is 6.64. The average molecular weight is 447 g/mol. The minimum Gasteiger partial charge on any atom is -0.504 e. The number of para-hydroxylation sites is 1. The van der Waals surface area contributed by atoms with Gasteiger partial charge in [0.05, 0.1) is 7.11 Å². The van der Waals surface area contributed by atoms with E-state index >= 15 is 0 Å². The van der Waals surface area contributed by atoms with Crippen LogP contribution in [0.15, 0.2) is 40.7 Å². The highest BCUT2D eigenvalue weighted by Crippen LogP contribution is 2.29. The van der Waals surface area contributed by atoms with Gasteiger partial charge in [-0.15, -0.1) is 35.3 Å². The number of ether oxygens (including phenoxy) is 1. The molecule has 0 aliphatic rings. The molecule has 0 unspecified atom stereocenters. The second kappa shape index (κ2) is 10.3. The molecule has 23 heavy (non-hydrogen) atoms. The molecule has 126 valence electrons. The molecule has 5 nitrogen and oxygen atoms in total. The van der Waals surface area contributed by atoms with Gasteiger partial charge in [0, 0.05) is 24.4 Å². The van der Waals surface area contributed by atoms with Crippen molar-refractivity contribution >= 4 is 41.3 Å². The predicted molar refractivity (Wildman–Crippen MR) is 106 cm³/mol. The SMILES string of the molecule is COc1cccc(CCNC(N)=NCCc2cccs2)c1O.I. The van der Waals surface area contributed by atoms with Crippen LogP contribution in [0.2, 0.25) is 0 Å². The summed E-state index contributed by atoms with van der Waals surface area (Å²) in [7, 11) is 1.54. The number of guanidine groups is 1. The number of aliphatic imine (C=N–C) groups is 1. The number of hydrogen-bond donors (Lipinski definition) is 3. The number of halogens is 1. The lowest BCUT2D eigenvalue weighted by Crippen LogP contribution is -2.33. The number of nitrogens with two attached hydrogens (primary N) is 1. The third kappa shape index (κ3) is 6.26. The molecule has 2 aromatic rings. The Labute approximate surface area is 157 Å². The van der Waals surface area contributed by atoms with E-state index in [2.05, 4.69) is 21.8 Å². The molecule has 0 amide bonds. The molecular formula is C16H22IN3O2S. The van der Waals surface area contributed by atoms with E-state index in [-0.39, 0.29) is 29.7 Å². The molecule has 0 radical (unpaired) electrons. The van der Waals surface area contributed by atoms with Crippen LogP contribution in [0.4, 0.5) is 0 Å². The molecule has 0 saturated heterocycles. The number of aromatic hydroxyl groups is 1. The first kappa shape index (κ1) is 19.6. The summed E-state index contributed by atoms with van der Waals surface area (Å²) in [5.74, 6) is 1.09. The number of benzene rings is 1. The van der Waals surface area contributed by atoms with Crippen LogP contribution in [-0.2, 0) is 12.8 Å². The van der Waals surface area contributed by atoms with Crippen LogP contribution in [0.3, 0.4) is 0 Å². The van der Waals surface area contributed by atoms with Crippen molar-refractivity contribution in [3.05, 3.63) is 46.2 Å². The Morgan fingerprint density at radius 2 is 2.13 bits per heavy atom. The van der Waals surface area contributed by atoms with E-state index < -0.39 is 0 Å². The van der Waals surface area contributed by atoms with Gasteiger partial charge in [-0.05, 0) is 29.5 Å². The zero-order chi connectivity index (χ0) is 15.8. The van der Waals surface area contributed by atoms with Crippen molar-refractivity contribution in [3.63, 3.8) is 0 Å². The van der Waals surface area contributed by atoms with E-state index in [1.807, 2.05) is 18.2 Å². The lowest BCUT2D eigenvalue weighted by atomic mass is 10.1. The minimum absolute atomic E-state index is 0. The van der Waals surface area contributed by atoms with Crippen molar-refractivity contribution in [2.45, 2.75) is 12.8 Å². The molecule has 0 fully saturated rings. The van der Waals surface area contributed by atoms with Crippen molar-refractivity contribution in [1.29, 1.82) is 0 Å². The zero-order valence-corrected chi connectivity index (χ0v) is 16.1. The molecule has 0 aliphatic carbocycles. The molecule has 0 saturated carbocycles. The fraction of sp³-hybridized carbons (Fsp3) is 0.312. The van der Waals surface area contributed by atoms with E-state index in [0.717, 1.165) is 12.0 Å². The van der Waals surface area contributed by atoms with Crippen molar-refractivity contribution in [2.24, 2.45) is 10.7 Å². The summed E-state index contributed by atoms with van der Waals surface area (Å²) in [4.78, 5) is 5.59. The molecule has 1 heterocycles. The smallest absolute Gasteiger partial charge is 0.188 e. The Kier molecular flexibility index (Phi) is 8.78. The second-order valence-corrected chi connectivity index (χ2v) is 5.77. The van der Waals surface area contributed by atoms with Crippen LogP contribution in [0.1, 0.15) is 10.4 Å². The number of phenols is 1. The quantitative estimate of drug-likeness (QED) is 0.347. The monoisotopic (exact) mass is 447 g/mol. The van der Waals surface area contributed by atoms with Crippen LogP contribution >= 0.6 is 35.3 Å². The molecule has 0 bridgehead atoms. The first-order valence-corrected chi connectivity index (χ1v) is 7.99. The predicted octanol–water partition coefficient (Wildman–Crippen LogP) is 2.77. The molecule has 4 N–H and O–H groups in total. The summed E-state index contributed by atoms with van der Waals surface area (Å²) < 4.78 is 5.08. The van der Waals surface area contributed by atoms with Crippen molar-refractivity contribution < 1.29 is 9.84 Å². The third-order valence-electron chi connectivity index (χ3n) is 3.22. The van der Waals surface area contributed by atoms with Crippen LogP contribution in [0.25, 0.3) is 0 Å². The lowest BCUT2D eigenvalue weighted by molar-refractivity contribution is 0.370. The topological polar surface area (TPSA) is 79.9 Å². The van der Waals surface area contributed by atoms with Gasteiger partial charge < -0.3 is 20.9 Å². The lowest BCUT2D eigenvalue weighted by Gasteiger charge is -2.09. The average Bonchev–Trinajstić information content (AvgIpc) is 3.02. The number of methoxy groups -OCH3 is 1. The van der Waals surface area contributed by atoms with Crippen molar-refractivity contribution in [1.82, 2.24) is 5.32 Å². The summed E-state index contributed by atoms with van der Waals surface area (Å²) in [6.45, 7) is 1.28. The maximum Gasteiger partial charge on any atom is 0.188 e. The normalized spacial score (nSPS) is 10.9. The van der Waals surface area contributed by atoms with Crippen molar-refractivity contribution in [3.8, 4) is 11.5 Å². The van der Waals surface area contributed by atoms with Crippen LogP contribution < -0.4 is 15.8 Å². The van der Waals surface area contributed by atoms with E-state index in [0.29, 0.717) is 31.2 Å². The van der Waals surface area contributed by atoms with E-state index in [9.17, 15) is 5.11 Å². The summed E-state index contributed by atoms with van der Waals surface area (Å²) in [5, 5.41) is 15.1. The van der Waals surface area contributed by atoms with Gasteiger partial charge in [0.1, 0.15) is 0 Å². The Bertz CT molecular complexity index is 618.